The van der Waals surface area contributed by atoms with Gasteiger partial charge in [-0.15, -0.1) is 0 Å². The summed E-state index contributed by atoms with van der Waals surface area (Å²) in [5.41, 5.74) is 6.41. The molecule has 182 valence electrons. The van der Waals surface area contributed by atoms with Gasteiger partial charge in [0.15, 0.2) is 0 Å². The zero-order valence-corrected chi connectivity index (χ0v) is 20.4. The molecule has 2 aromatic carbocycles. The van der Waals surface area contributed by atoms with Crippen LogP contribution >= 0.6 is 23.2 Å². The molecule has 10 nitrogen and oxygen atoms in total. The summed E-state index contributed by atoms with van der Waals surface area (Å²) in [5.74, 6) is -0.311. The van der Waals surface area contributed by atoms with Gasteiger partial charge < -0.3 is 20.7 Å². The van der Waals surface area contributed by atoms with Gasteiger partial charge in [-0.2, -0.15) is 4.98 Å². The van der Waals surface area contributed by atoms with Crippen LogP contribution in [0.2, 0.25) is 10.0 Å². The first kappa shape index (κ1) is 24.7. The highest BCUT2D eigenvalue weighted by atomic mass is 35.5. The van der Waals surface area contributed by atoms with Crippen LogP contribution in [0.1, 0.15) is 0 Å². The zero-order valence-electron chi connectivity index (χ0n) is 18.1. The summed E-state index contributed by atoms with van der Waals surface area (Å²) >= 11 is 12.0. The number of hydrogen-bond donors (Lipinski definition) is 3. The minimum Gasteiger partial charge on any atom is -0.480 e. The first-order valence-corrected chi connectivity index (χ1v) is 12.5. The Kier molecular flexibility index (Phi) is 7.13. The van der Waals surface area contributed by atoms with Crippen LogP contribution in [0.4, 0.5) is 11.6 Å². The standard InChI is InChI=1S/C22H20Cl2N6O4S/c23-15-10-16(24)12-18(11-15)35(33,34)30(13-21(31)32)17-1-2-19-14(9-17)4-8-29(19)20-3-6-26-22(28-20)27-7-5-25/h1-4,6,8-12H,5,7,13,25H2,(H,31,32)(H,26,27,28). The lowest BCUT2D eigenvalue weighted by molar-refractivity contribution is -0.135. The van der Waals surface area contributed by atoms with E-state index in [2.05, 4.69) is 15.3 Å². The van der Waals surface area contributed by atoms with Crippen molar-refractivity contribution in [2.75, 3.05) is 29.3 Å². The molecule has 0 aliphatic rings. The Morgan fingerprint density at radius 3 is 2.54 bits per heavy atom. The molecule has 0 saturated heterocycles. The summed E-state index contributed by atoms with van der Waals surface area (Å²) in [7, 11) is -4.28. The van der Waals surface area contributed by atoms with Crippen LogP contribution in [-0.2, 0) is 14.8 Å². The van der Waals surface area contributed by atoms with Gasteiger partial charge in [0, 0.05) is 40.9 Å². The number of halogens is 2. The number of hydrogen-bond acceptors (Lipinski definition) is 7. The van der Waals surface area contributed by atoms with E-state index in [9.17, 15) is 18.3 Å². The molecule has 35 heavy (non-hydrogen) atoms. The SMILES string of the molecule is NCCNc1nccc(-n2ccc3cc(N(CC(=O)O)S(=O)(=O)c4cc(Cl)cc(Cl)c4)ccc32)n1. The van der Waals surface area contributed by atoms with E-state index in [-0.39, 0.29) is 20.6 Å². The molecular weight excluding hydrogens is 515 g/mol. The average Bonchev–Trinajstić information content (AvgIpc) is 3.24. The van der Waals surface area contributed by atoms with Crippen molar-refractivity contribution < 1.29 is 18.3 Å². The lowest BCUT2D eigenvalue weighted by Crippen LogP contribution is -2.35. The van der Waals surface area contributed by atoms with Gasteiger partial charge in [-0.05, 0) is 48.5 Å². The maximum absolute atomic E-state index is 13.4. The van der Waals surface area contributed by atoms with Crippen LogP contribution in [0.3, 0.4) is 0 Å². The fourth-order valence-electron chi connectivity index (χ4n) is 3.48. The topological polar surface area (TPSA) is 143 Å². The summed E-state index contributed by atoms with van der Waals surface area (Å²) in [5, 5.41) is 13.3. The maximum atomic E-state index is 13.4. The fourth-order valence-corrected chi connectivity index (χ4v) is 5.61. The van der Waals surface area contributed by atoms with Crippen molar-refractivity contribution in [2.24, 2.45) is 5.73 Å². The number of nitrogens with two attached hydrogens (primary N) is 1. The van der Waals surface area contributed by atoms with Gasteiger partial charge in [0.05, 0.1) is 16.1 Å². The molecule has 4 aromatic rings. The predicted octanol–water partition coefficient (Wildman–Crippen LogP) is 3.38. The quantitative estimate of drug-likeness (QED) is 0.296. The van der Waals surface area contributed by atoms with Gasteiger partial charge in [-0.1, -0.05) is 23.2 Å². The van der Waals surface area contributed by atoms with E-state index in [0.717, 1.165) is 9.82 Å². The Morgan fingerprint density at radius 2 is 1.86 bits per heavy atom. The second-order valence-corrected chi connectivity index (χ2v) is 10.1. The Morgan fingerprint density at radius 1 is 1.11 bits per heavy atom. The number of benzene rings is 2. The van der Waals surface area contributed by atoms with Crippen LogP contribution in [0.5, 0.6) is 0 Å². The molecule has 0 fully saturated rings. The van der Waals surface area contributed by atoms with Crippen LogP contribution in [0.15, 0.2) is 65.8 Å². The third kappa shape index (κ3) is 5.33. The van der Waals surface area contributed by atoms with E-state index >= 15 is 0 Å². The van der Waals surface area contributed by atoms with E-state index in [0.29, 0.717) is 30.2 Å². The van der Waals surface area contributed by atoms with Crippen molar-refractivity contribution in [3.63, 3.8) is 0 Å². The molecule has 0 atom stereocenters. The number of carboxylic acid groups (broad SMARTS) is 1. The number of nitrogens with zero attached hydrogens (tertiary/aromatic N) is 4. The number of carbonyl (C=O) groups is 1. The van der Waals surface area contributed by atoms with E-state index < -0.39 is 22.5 Å². The van der Waals surface area contributed by atoms with Crippen molar-refractivity contribution in [1.82, 2.24) is 14.5 Å². The second-order valence-electron chi connectivity index (χ2n) is 7.39. The minimum absolute atomic E-state index is 0.115. The molecule has 2 heterocycles. The number of aliphatic carboxylic acids is 1. The highest BCUT2D eigenvalue weighted by Gasteiger charge is 2.28. The Bertz CT molecular complexity index is 1490. The van der Waals surface area contributed by atoms with E-state index in [4.69, 9.17) is 28.9 Å². The van der Waals surface area contributed by atoms with Crippen LogP contribution in [-0.4, -0.2) is 53.7 Å². The van der Waals surface area contributed by atoms with Crippen molar-refractivity contribution in [3.8, 4) is 5.82 Å². The number of rotatable bonds is 9. The summed E-state index contributed by atoms with van der Waals surface area (Å²) < 4.78 is 29.3. The Balaban J connectivity index is 1.76. The Labute approximate surface area is 211 Å². The van der Waals surface area contributed by atoms with Gasteiger partial charge in [0.25, 0.3) is 10.0 Å². The highest BCUT2D eigenvalue weighted by Crippen LogP contribution is 2.31. The van der Waals surface area contributed by atoms with Gasteiger partial charge in [-0.3, -0.25) is 9.10 Å². The lowest BCUT2D eigenvalue weighted by Gasteiger charge is -2.23. The summed E-state index contributed by atoms with van der Waals surface area (Å²) in [4.78, 5) is 20.0. The molecule has 0 bridgehead atoms. The highest BCUT2D eigenvalue weighted by molar-refractivity contribution is 7.92. The van der Waals surface area contributed by atoms with Crippen LogP contribution in [0.25, 0.3) is 16.7 Å². The molecule has 0 aliphatic heterocycles. The number of anilines is 2. The summed E-state index contributed by atoms with van der Waals surface area (Å²) in [6, 6.07) is 12.1. The molecule has 4 rings (SSSR count). The normalized spacial score (nSPS) is 11.5. The smallest absolute Gasteiger partial charge is 0.324 e. The van der Waals surface area contributed by atoms with Gasteiger partial charge in [0.1, 0.15) is 12.4 Å². The molecule has 0 saturated carbocycles. The Hall–Kier alpha value is -3.38. The molecular formula is C22H20Cl2N6O4S. The number of sulfonamides is 1. The first-order chi connectivity index (χ1) is 16.7. The minimum atomic E-state index is -4.28. The van der Waals surface area contributed by atoms with Crippen molar-refractivity contribution in [2.45, 2.75) is 4.90 Å². The maximum Gasteiger partial charge on any atom is 0.324 e. The largest absolute Gasteiger partial charge is 0.480 e. The fraction of sp³-hybridized carbons (Fsp3) is 0.136. The second kappa shape index (κ2) is 10.1. The van der Waals surface area contributed by atoms with Crippen LogP contribution < -0.4 is 15.4 Å². The molecule has 0 aliphatic carbocycles. The molecule has 0 spiro atoms. The third-order valence-corrected chi connectivity index (χ3v) is 7.17. The average molecular weight is 535 g/mol. The van der Waals surface area contributed by atoms with Crippen LogP contribution in [0, 0.1) is 0 Å². The monoisotopic (exact) mass is 534 g/mol. The summed E-state index contributed by atoms with van der Waals surface area (Å²) in [6.45, 7) is 0.158. The van der Waals surface area contributed by atoms with Gasteiger partial charge >= 0.3 is 5.97 Å². The van der Waals surface area contributed by atoms with Crippen molar-refractivity contribution in [3.05, 3.63) is 71.0 Å². The van der Waals surface area contributed by atoms with Crippen molar-refractivity contribution in [1.29, 1.82) is 0 Å². The van der Waals surface area contributed by atoms with E-state index in [1.54, 1.807) is 41.2 Å². The number of aromatic nitrogens is 3. The molecule has 2 aromatic heterocycles. The predicted molar refractivity (Wildman–Crippen MR) is 135 cm³/mol. The van der Waals surface area contributed by atoms with Gasteiger partial charge in [-0.25, -0.2) is 13.4 Å². The third-order valence-electron chi connectivity index (χ3n) is 4.98. The molecule has 4 N–H and O–H groups in total. The number of nitrogens with one attached hydrogen (secondary N) is 1. The van der Waals surface area contributed by atoms with E-state index in [1.807, 2.05) is 0 Å². The molecule has 0 radical (unpaired) electrons. The lowest BCUT2D eigenvalue weighted by atomic mass is 10.2. The van der Waals surface area contributed by atoms with Gasteiger partial charge in [0.2, 0.25) is 5.95 Å². The van der Waals surface area contributed by atoms with E-state index in [1.165, 1.54) is 24.3 Å². The molecule has 0 amide bonds. The first-order valence-electron chi connectivity index (χ1n) is 10.3. The number of carboxylic acids is 1. The molecule has 0 unspecified atom stereocenters. The molecule has 13 heteroatoms. The zero-order chi connectivity index (χ0) is 25.2. The van der Waals surface area contributed by atoms with Crippen molar-refractivity contribution >= 4 is 61.7 Å². The summed E-state index contributed by atoms with van der Waals surface area (Å²) in [6.07, 6.45) is 3.38. The number of fused-ring (bicyclic) bond motifs is 1.